The first-order valence-electron chi connectivity index (χ1n) is 6.21. The number of hydrogen-bond donors (Lipinski definition) is 2. The molecule has 7 heteroatoms. The van der Waals surface area contributed by atoms with E-state index in [-0.39, 0.29) is 5.69 Å². The molecule has 1 aromatic heterocycles. The van der Waals surface area contributed by atoms with Gasteiger partial charge in [-0.1, -0.05) is 11.6 Å². The molecule has 0 aliphatic rings. The molecule has 0 unspecified atom stereocenters. The predicted molar refractivity (Wildman–Crippen MR) is 80.3 cm³/mol. The maximum Gasteiger partial charge on any atom is 0.275 e. The second-order valence-corrected chi connectivity index (χ2v) is 4.51. The van der Waals surface area contributed by atoms with Crippen LogP contribution in [-0.2, 0) is 0 Å². The molecule has 106 valence electrons. The first-order chi connectivity index (χ1) is 10.1. The zero-order valence-electron chi connectivity index (χ0n) is 11.2. The molecule has 0 aliphatic carbocycles. The van der Waals surface area contributed by atoms with Crippen molar-refractivity contribution in [1.29, 1.82) is 5.26 Å². The Bertz CT molecular complexity index is 711. The summed E-state index contributed by atoms with van der Waals surface area (Å²) in [6.45, 7) is 2.59. The third kappa shape index (κ3) is 3.68. The Morgan fingerprint density at radius 3 is 2.95 bits per heavy atom. The SMILES string of the molecule is CCNc1cncc(C(=O)Nc2cc(Cl)ccc2C#N)n1. The van der Waals surface area contributed by atoms with Gasteiger partial charge in [-0.2, -0.15) is 5.26 Å². The minimum atomic E-state index is -0.457. The lowest BCUT2D eigenvalue weighted by Crippen LogP contribution is -2.16. The largest absolute Gasteiger partial charge is 0.369 e. The van der Waals surface area contributed by atoms with Gasteiger partial charge in [0.15, 0.2) is 0 Å². The van der Waals surface area contributed by atoms with Crippen LogP contribution in [0, 0.1) is 11.3 Å². The summed E-state index contributed by atoms with van der Waals surface area (Å²) in [7, 11) is 0. The number of nitriles is 1. The number of rotatable bonds is 4. The molecule has 21 heavy (non-hydrogen) atoms. The lowest BCUT2D eigenvalue weighted by Gasteiger charge is -2.08. The number of nitrogens with zero attached hydrogens (tertiary/aromatic N) is 3. The van der Waals surface area contributed by atoms with Crippen LogP contribution in [0.3, 0.4) is 0 Å². The van der Waals surface area contributed by atoms with E-state index in [0.29, 0.717) is 28.6 Å². The fourth-order valence-electron chi connectivity index (χ4n) is 1.65. The molecule has 1 heterocycles. The van der Waals surface area contributed by atoms with Crippen LogP contribution in [0.15, 0.2) is 30.6 Å². The highest BCUT2D eigenvalue weighted by molar-refractivity contribution is 6.31. The normalized spacial score (nSPS) is 9.76. The minimum Gasteiger partial charge on any atom is -0.369 e. The molecule has 0 bridgehead atoms. The van der Waals surface area contributed by atoms with Crippen LogP contribution >= 0.6 is 11.6 Å². The van der Waals surface area contributed by atoms with Crippen molar-refractivity contribution in [2.45, 2.75) is 6.92 Å². The number of benzene rings is 1. The van der Waals surface area contributed by atoms with E-state index < -0.39 is 5.91 Å². The van der Waals surface area contributed by atoms with Crippen molar-refractivity contribution >= 4 is 29.0 Å². The number of amides is 1. The van der Waals surface area contributed by atoms with E-state index in [1.807, 2.05) is 13.0 Å². The van der Waals surface area contributed by atoms with Crippen LogP contribution in [0.2, 0.25) is 5.02 Å². The zero-order valence-corrected chi connectivity index (χ0v) is 12.0. The quantitative estimate of drug-likeness (QED) is 0.906. The summed E-state index contributed by atoms with van der Waals surface area (Å²) >= 11 is 5.87. The highest BCUT2D eigenvalue weighted by Crippen LogP contribution is 2.21. The van der Waals surface area contributed by atoms with E-state index in [1.165, 1.54) is 18.5 Å². The smallest absolute Gasteiger partial charge is 0.275 e. The van der Waals surface area contributed by atoms with Gasteiger partial charge in [0.2, 0.25) is 0 Å². The first kappa shape index (κ1) is 14.8. The third-order valence-electron chi connectivity index (χ3n) is 2.58. The number of carbonyl (C=O) groups excluding carboxylic acids is 1. The topological polar surface area (TPSA) is 90.7 Å². The second-order valence-electron chi connectivity index (χ2n) is 4.08. The molecule has 1 aromatic carbocycles. The molecule has 0 aliphatic heterocycles. The van der Waals surface area contributed by atoms with E-state index in [2.05, 4.69) is 20.6 Å². The predicted octanol–water partition coefficient (Wildman–Crippen LogP) is 2.69. The van der Waals surface area contributed by atoms with Gasteiger partial charge < -0.3 is 10.6 Å². The van der Waals surface area contributed by atoms with Gasteiger partial charge >= 0.3 is 0 Å². The Kier molecular flexibility index (Phi) is 4.69. The molecule has 0 saturated carbocycles. The fourth-order valence-corrected chi connectivity index (χ4v) is 1.82. The lowest BCUT2D eigenvalue weighted by atomic mass is 10.2. The zero-order chi connectivity index (χ0) is 15.2. The van der Waals surface area contributed by atoms with Crippen molar-refractivity contribution in [2.75, 3.05) is 17.2 Å². The first-order valence-corrected chi connectivity index (χ1v) is 6.58. The van der Waals surface area contributed by atoms with Crippen LogP contribution in [-0.4, -0.2) is 22.4 Å². The molecule has 0 atom stereocenters. The Labute approximate surface area is 126 Å². The van der Waals surface area contributed by atoms with Crippen LogP contribution in [0.25, 0.3) is 0 Å². The average molecular weight is 302 g/mol. The van der Waals surface area contributed by atoms with Crippen LogP contribution in [0.5, 0.6) is 0 Å². The van der Waals surface area contributed by atoms with Gasteiger partial charge in [-0.15, -0.1) is 0 Å². The Morgan fingerprint density at radius 2 is 2.24 bits per heavy atom. The van der Waals surface area contributed by atoms with Gasteiger partial charge in [0.05, 0.1) is 23.6 Å². The fraction of sp³-hybridized carbons (Fsp3) is 0.143. The second kappa shape index (κ2) is 6.68. The summed E-state index contributed by atoms with van der Waals surface area (Å²) in [5.74, 6) is 0.0535. The van der Waals surface area contributed by atoms with E-state index >= 15 is 0 Å². The van der Waals surface area contributed by atoms with E-state index in [4.69, 9.17) is 16.9 Å². The van der Waals surface area contributed by atoms with Gasteiger partial charge in [0, 0.05) is 11.6 Å². The molecule has 2 N–H and O–H groups in total. The number of nitrogens with one attached hydrogen (secondary N) is 2. The highest BCUT2D eigenvalue weighted by atomic mass is 35.5. The molecule has 1 amide bonds. The number of hydrogen-bond acceptors (Lipinski definition) is 5. The van der Waals surface area contributed by atoms with Crippen molar-refractivity contribution < 1.29 is 4.79 Å². The Morgan fingerprint density at radius 1 is 1.43 bits per heavy atom. The summed E-state index contributed by atoms with van der Waals surface area (Å²) in [5.41, 5.74) is 0.812. The Balaban J connectivity index is 2.24. The average Bonchev–Trinajstić information content (AvgIpc) is 2.48. The van der Waals surface area contributed by atoms with Gasteiger partial charge in [0.1, 0.15) is 17.6 Å². The van der Waals surface area contributed by atoms with E-state index in [0.717, 1.165) is 0 Å². The number of aromatic nitrogens is 2. The minimum absolute atomic E-state index is 0.150. The maximum atomic E-state index is 12.2. The molecule has 0 fully saturated rings. The third-order valence-corrected chi connectivity index (χ3v) is 2.81. The van der Waals surface area contributed by atoms with Gasteiger partial charge in [-0.25, -0.2) is 4.98 Å². The lowest BCUT2D eigenvalue weighted by molar-refractivity contribution is 0.102. The van der Waals surface area contributed by atoms with Crippen molar-refractivity contribution in [3.05, 3.63) is 46.9 Å². The summed E-state index contributed by atoms with van der Waals surface area (Å²) in [6.07, 6.45) is 2.88. The molecule has 0 radical (unpaired) electrons. The molecule has 0 saturated heterocycles. The van der Waals surface area contributed by atoms with Crippen LogP contribution in [0.1, 0.15) is 23.0 Å². The Hall–Kier alpha value is -2.65. The monoisotopic (exact) mass is 301 g/mol. The number of anilines is 2. The van der Waals surface area contributed by atoms with Crippen LogP contribution in [0.4, 0.5) is 11.5 Å². The molecular formula is C14H12ClN5O. The van der Waals surface area contributed by atoms with Crippen molar-refractivity contribution in [1.82, 2.24) is 9.97 Å². The van der Waals surface area contributed by atoms with Crippen molar-refractivity contribution in [2.24, 2.45) is 0 Å². The molecule has 2 aromatic rings. The molecule has 6 nitrogen and oxygen atoms in total. The van der Waals surface area contributed by atoms with E-state index in [9.17, 15) is 4.79 Å². The summed E-state index contributed by atoms with van der Waals surface area (Å²) in [5, 5.41) is 15.0. The standard InChI is InChI=1S/C14H12ClN5O/c1-2-18-13-8-17-7-12(19-13)14(21)20-11-5-10(15)4-3-9(11)6-16/h3-5,7-8H,2H2,1H3,(H,18,19)(H,20,21). The summed E-state index contributed by atoms with van der Waals surface area (Å²) < 4.78 is 0. The van der Waals surface area contributed by atoms with Crippen molar-refractivity contribution in [3.8, 4) is 6.07 Å². The number of halogens is 1. The van der Waals surface area contributed by atoms with Gasteiger partial charge in [0.25, 0.3) is 5.91 Å². The molecular weight excluding hydrogens is 290 g/mol. The summed E-state index contributed by atoms with van der Waals surface area (Å²) in [6, 6.07) is 6.63. The van der Waals surface area contributed by atoms with Gasteiger partial charge in [-0.05, 0) is 25.1 Å². The molecule has 2 rings (SSSR count). The molecule has 0 spiro atoms. The number of carbonyl (C=O) groups is 1. The highest BCUT2D eigenvalue weighted by Gasteiger charge is 2.12. The van der Waals surface area contributed by atoms with Crippen LogP contribution < -0.4 is 10.6 Å². The summed E-state index contributed by atoms with van der Waals surface area (Å²) in [4.78, 5) is 20.2. The maximum absolute atomic E-state index is 12.2. The van der Waals surface area contributed by atoms with E-state index in [1.54, 1.807) is 12.1 Å². The van der Waals surface area contributed by atoms with Crippen molar-refractivity contribution in [3.63, 3.8) is 0 Å². The van der Waals surface area contributed by atoms with Gasteiger partial charge in [-0.3, -0.25) is 9.78 Å².